The lowest BCUT2D eigenvalue weighted by Crippen LogP contribution is -2.37. The number of nitrogens with zero attached hydrogens (tertiary/aromatic N) is 1. The van der Waals surface area contributed by atoms with Crippen LogP contribution in [0.3, 0.4) is 0 Å². The summed E-state index contributed by atoms with van der Waals surface area (Å²) in [5, 5.41) is 9.22. The highest BCUT2D eigenvalue weighted by molar-refractivity contribution is 6.29. The Morgan fingerprint density at radius 1 is 1.71 bits per heavy atom. The summed E-state index contributed by atoms with van der Waals surface area (Å²) < 4.78 is 0. The van der Waals surface area contributed by atoms with Crippen molar-refractivity contribution < 1.29 is 4.79 Å². The van der Waals surface area contributed by atoms with E-state index >= 15 is 0 Å². The molecule has 0 saturated heterocycles. The van der Waals surface area contributed by atoms with Crippen molar-refractivity contribution in [1.82, 2.24) is 10.2 Å². The maximum Gasteiger partial charge on any atom is 0.245 e. The van der Waals surface area contributed by atoms with Crippen molar-refractivity contribution in [3.05, 3.63) is 11.2 Å². The number of H-pyrrole nitrogens is 1. The minimum Gasteiger partial charge on any atom is -0.317 e. The largest absolute Gasteiger partial charge is 0.317 e. The zero-order valence-electron chi connectivity index (χ0n) is 7.21. The summed E-state index contributed by atoms with van der Waals surface area (Å²) in [5.74, 6) is 0.211. The van der Waals surface area contributed by atoms with E-state index in [0.29, 0.717) is 11.0 Å². The van der Waals surface area contributed by atoms with Gasteiger partial charge in [-0.3, -0.25) is 9.89 Å². The number of carbonyl (C=O) groups is 1. The van der Waals surface area contributed by atoms with E-state index in [1.54, 1.807) is 0 Å². The number of anilines is 1. The van der Waals surface area contributed by atoms with Crippen molar-refractivity contribution >= 4 is 35.7 Å². The molecule has 1 saturated carbocycles. The van der Waals surface area contributed by atoms with Gasteiger partial charge in [0.2, 0.25) is 5.91 Å². The molecule has 0 atom stereocenters. The maximum absolute atomic E-state index is 11.4. The number of amides is 1. The van der Waals surface area contributed by atoms with Crippen LogP contribution in [0.2, 0.25) is 5.15 Å². The Balaban J connectivity index is 0.000000980. The van der Waals surface area contributed by atoms with Gasteiger partial charge >= 0.3 is 0 Å². The molecule has 5 nitrogen and oxygen atoms in total. The van der Waals surface area contributed by atoms with Gasteiger partial charge in [-0.05, 0) is 12.8 Å². The number of nitrogens with one attached hydrogen (secondary N) is 2. The van der Waals surface area contributed by atoms with Gasteiger partial charge in [-0.1, -0.05) is 11.6 Å². The highest BCUT2D eigenvalue weighted by Gasteiger charge is 2.46. The fraction of sp³-hybridized carbons (Fsp3) is 0.429. The molecule has 7 heteroatoms. The smallest absolute Gasteiger partial charge is 0.245 e. The first-order valence-electron chi connectivity index (χ1n) is 3.91. The van der Waals surface area contributed by atoms with E-state index in [4.69, 9.17) is 17.3 Å². The summed E-state index contributed by atoms with van der Waals surface area (Å²) in [5.41, 5.74) is 4.99. The zero-order valence-corrected chi connectivity index (χ0v) is 8.78. The molecule has 1 amide bonds. The van der Waals surface area contributed by atoms with Gasteiger partial charge in [0, 0.05) is 6.07 Å². The zero-order chi connectivity index (χ0) is 9.47. The van der Waals surface area contributed by atoms with Gasteiger partial charge in [-0.15, -0.1) is 12.4 Å². The van der Waals surface area contributed by atoms with Crippen molar-refractivity contribution in [3.8, 4) is 0 Å². The molecule has 0 spiro atoms. The summed E-state index contributed by atoms with van der Waals surface area (Å²) in [6, 6.07) is 1.53. The number of aromatic amines is 1. The fourth-order valence-electron chi connectivity index (χ4n) is 0.965. The van der Waals surface area contributed by atoms with Gasteiger partial charge in [0.1, 0.15) is 5.15 Å². The van der Waals surface area contributed by atoms with Crippen molar-refractivity contribution in [1.29, 1.82) is 0 Å². The topological polar surface area (TPSA) is 83.8 Å². The minimum atomic E-state index is -0.675. The molecular formula is C7H10Cl2N4O. The highest BCUT2D eigenvalue weighted by atomic mass is 35.5. The summed E-state index contributed by atoms with van der Waals surface area (Å²) in [6.45, 7) is 0. The van der Waals surface area contributed by atoms with Crippen LogP contribution in [-0.4, -0.2) is 21.6 Å². The fourth-order valence-corrected chi connectivity index (χ4v) is 1.11. The van der Waals surface area contributed by atoms with E-state index in [1.807, 2.05) is 0 Å². The van der Waals surface area contributed by atoms with E-state index in [2.05, 4.69) is 15.5 Å². The molecule has 1 aliphatic rings. The lowest BCUT2D eigenvalue weighted by atomic mass is 10.3. The molecule has 0 unspecified atom stereocenters. The Kier molecular flexibility index (Phi) is 3.04. The van der Waals surface area contributed by atoms with Crippen LogP contribution in [0.15, 0.2) is 6.07 Å². The van der Waals surface area contributed by atoms with Crippen LogP contribution < -0.4 is 11.1 Å². The molecule has 2 rings (SSSR count). The first kappa shape index (κ1) is 11.3. The van der Waals surface area contributed by atoms with Crippen LogP contribution >= 0.6 is 24.0 Å². The predicted molar refractivity (Wildman–Crippen MR) is 55.6 cm³/mol. The second-order valence-electron chi connectivity index (χ2n) is 3.21. The second kappa shape index (κ2) is 3.76. The van der Waals surface area contributed by atoms with Crippen LogP contribution in [0.5, 0.6) is 0 Å². The highest BCUT2D eigenvalue weighted by Crippen LogP contribution is 2.33. The summed E-state index contributed by atoms with van der Waals surface area (Å²) in [7, 11) is 0. The summed E-state index contributed by atoms with van der Waals surface area (Å²) in [4.78, 5) is 11.4. The summed E-state index contributed by atoms with van der Waals surface area (Å²) in [6.07, 6.45) is 1.47. The third-order valence-electron chi connectivity index (χ3n) is 2.03. The number of rotatable bonds is 2. The van der Waals surface area contributed by atoms with Crippen molar-refractivity contribution in [2.45, 2.75) is 18.4 Å². The quantitative estimate of drug-likeness (QED) is 0.714. The third kappa shape index (κ3) is 2.17. The molecule has 1 aliphatic carbocycles. The number of carbonyl (C=O) groups excluding carboxylic acids is 1. The number of hydrogen-bond acceptors (Lipinski definition) is 3. The number of aromatic nitrogens is 2. The molecule has 0 aliphatic heterocycles. The predicted octanol–water partition coefficient (Wildman–Crippen LogP) is 0.915. The van der Waals surface area contributed by atoms with Crippen molar-refractivity contribution in [2.75, 3.05) is 5.32 Å². The number of halogens is 2. The lowest BCUT2D eigenvalue weighted by Gasteiger charge is -2.06. The van der Waals surface area contributed by atoms with Crippen LogP contribution in [0, 0.1) is 0 Å². The lowest BCUT2D eigenvalue weighted by molar-refractivity contribution is -0.118. The molecule has 0 bridgehead atoms. The Morgan fingerprint density at radius 3 is 2.79 bits per heavy atom. The van der Waals surface area contributed by atoms with Gasteiger partial charge in [0.05, 0.1) is 5.54 Å². The van der Waals surface area contributed by atoms with Gasteiger partial charge in [-0.25, -0.2) is 0 Å². The Bertz CT molecular complexity index is 347. The number of hydrogen-bond donors (Lipinski definition) is 3. The molecule has 78 valence electrons. The Morgan fingerprint density at radius 2 is 2.36 bits per heavy atom. The first-order chi connectivity index (χ1) is 6.10. The molecule has 14 heavy (non-hydrogen) atoms. The monoisotopic (exact) mass is 236 g/mol. The van der Waals surface area contributed by atoms with Gasteiger partial charge < -0.3 is 11.1 Å². The third-order valence-corrected chi connectivity index (χ3v) is 2.22. The van der Waals surface area contributed by atoms with E-state index < -0.39 is 5.54 Å². The maximum atomic E-state index is 11.4. The Labute approximate surface area is 91.8 Å². The van der Waals surface area contributed by atoms with Crippen LogP contribution in [-0.2, 0) is 4.79 Å². The molecule has 1 aromatic rings. The molecular weight excluding hydrogens is 227 g/mol. The van der Waals surface area contributed by atoms with Crippen LogP contribution in [0.4, 0.5) is 5.82 Å². The average Bonchev–Trinajstić information content (AvgIpc) is 2.69. The van der Waals surface area contributed by atoms with E-state index in [1.165, 1.54) is 6.07 Å². The first-order valence-corrected chi connectivity index (χ1v) is 4.29. The standard InChI is InChI=1S/C7H9ClN4O.ClH/c8-4-3-5(12-11-4)10-6(13)7(9)1-2-7;/h3H,1-2,9H2,(H2,10,11,12,13);1H. The Hall–Kier alpha value is -0.780. The minimum absolute atomic E-state index is 0. The molecule has 1 aromatic heterocycles. The molecule has 1 heterocycles. The average molecular weight is 237 g/mol. The van der Waals surface area contributed by atoms with E-state index in [9.17, 15) is 4.79 Å². The van der Waals surface area contributed by atoms with Gasteiger partial charge in [0.25, 0.3) is 0 Å². The van der Waals surface area contributed by atoms with E-state index in [0.717, 1.165) is 12.8 Å². The van der Waals surface area contributed by atoms with Crippen molar-refractivity contribution in [2.24, 2.45) is 5.73 Å². The van der Waals surface area contributed by atoms with Gasteiger partial charge in [-0.2, -0.15) is 5.10 Å². The van der Waals surface area contributed by atoms with E-state index in [-0.39, 0.29) is 18.3 Å². The molecule has 0 radical (unpaired) electrons. The molecule has 1 fully saturated rings. The number of nitrogens with two attached hydrogens (primary N) is 1. The van der Waals surface area contributed by atoms with Gasteiger partial charge in [0.15, 0.2) is 5.82 Å². The second-order valence-corrected chi connectivity index (χ2v) is 3.62. The molecule has 4 N–H and O–H groups in total. The summed E-state index contributed by atoms with van der Waals surface area (Å²) >= 11 is 5.57. The normalized spacial score (nSPS) is 17.0. The van der Waals surface area contributed by atoms with Crippen molar-refractivity contribution in [3.63, 3.8) is 0 Å². The van der Waals surface area contributed by atoms with Crippen LogP contribution in [0.25, 0.3) is 0 Å². The molecule has 0 aromatic carbocycles. The van der Waals surface area contributed by atoms with Crippen LogP contribution in [0.1, 0.15) is 12.8 Å². The SMILES string of the molecule is Cl.NC1(C(=O)Nc2cc(Cl)[nH]n2)CC1.